The molecule has 13 heteroatoms. The molecule has 3 saturated heterocycles. The van der Waals surface area contributed by atoms with Crippen molar-refractivity contribution in [3.63, 3.8) is 0 Å². The topological polar surface area (TPSA) is 101 Å². The van der Waals surface area contributed by atoms with Crippen LogP contribution < -0.4 is 20.1 Å². The fourth-order valence-electron chi connectivity index (χ4n) is 7.91. The molecule has 45 heavy (non-hydrogen) atoms. The van der Waals surface area contributed by atoms with Crippen LogP contribution in [0.1, 0.15) is 50.5 Å². The number of nitrogens with zero attached hydrogens (tertiary/aromatic N) is 5. The molecule has 0 saturated carbocycles. The number of thiophene rings is 1. The van der Waals surface area contributed by atoms with Gasteiger partial charge < -0.3 is 20.1 Å². The van der Waals surface area contributed by atoms with Crippen molar-refractivity contribution in [3.05, 3.63) is 34.4 Å². The molecule has 2 aromatic carbocycles. The van der Waals surface area contributed by atoms with Crippen LogP contribution in [0.5, 0.6) is 11.8 Å². The average molecular weight is 655 g/mol. The Morgan fingerprint density at radius 2 is 2.04 bits per heavy atom. The lowest BCUT2D eigenvalue weighted by molar-refractivity contribution is 0.107. The number of alkyl halides is 1. The van der Waals surface area contributed by atoms with Crippen LogP contribution in [0.15, 0.2) is 12.1 Å². The Balaban J connectivity index is 1.35. The minimum atomic E-state index is -0.923. The molecule has 2 N–H and O–H groups in total. The molecule has 3 fully saturated rings. The average Bonchev–Trinajstić information content (AvgIpc) is 3.67. The molecule has 0 amide bonds. The summed E-state index contributed by atoms with van der Waals surface area (Å²) in [5.74, 6) is -0.630. The van der Waals surface area contributed by atoms with Crippen LogP contribution in [0, 0.1) is 23.0 Å². The highest BCUT2D eigenvalue weighted by Crippen LogP contribution is 2.51. The first-order chi connectivity index (χ1) is 21.8. The summed E-state index contributed by atoms with van der Waals surface area (Å²) in [6.45, 7) is 2.44. The highest BCUT2D eigenvalue weighted by molar-refractivity contribution is 7.23. The zero-order chi connectivity index (χ0) is 31.0. The molecule has 0 radical (unpaired) electrons. The number of aromatic nitrogens is 2. The molecule has 4 aliphatic heterocycles. The number of hydrogen-bond donors (Lipinski definition) is 1. The summed E-state index contributed by atoms with van der Waals surface area (Å²) in [5.41, 5.74) is 5.79. The molecule has 3 atom stereocenters. The van der Waals surface area contributed by atoms with Gasteiger partial charge in [-0.2, -0.15) is 15.2 Å². The Labute approximate surface area is 266 Å². The first-order valence-corrected chi connectivity index (χ1v) is 16.5. The number of nitrogen functional groups attached to an aromatic ring is 1. The third kappa shape index (κ3) is 4.42. The number of halogens is 4. The number of fused-ring (bicyclic) bond motifs is 4. The van der Waals surface area contributed by atoms with Gasteiger partial charge in [0.2, 0.25) is 0 Å². The molecular weight excluding hydrogens is 625 g/mol. The van der Waals surface area contributed by atoms with Gasteiger partial charge in [0.1, 0.15) is 41.0 Å². The second-order valence-electron chi connectivity index (χ2n) is 12.5. The summed E-state index contributed by atoms with van der Waals surface area (Å²) in [6, 6.07) is 4.78. The third-order valence-electron chi connectivity index (χ3n) is 9.97. The number of benzene rings is 2. The monoisotopic (exact) mass is 654 g/mol. The van der Waals surface area contributed by atoms with E-state index in [1.54, 1.807) is 0 Å². The molecule has 4 aromatic rings. The van der Waals surface area contributed by atoms with Crippen molar-refractivity contribution < 1.29 is 22.6 Å². The predicted molar refractivity (Wildman–Crippen MR) is 168 cm³/mol. The zero-order valence-corrected chi connectivity index (χ0v) is 25.9. The third-order valence-corrected chi connectivity index (χ3v) is 11.4. The fraction of sp³-hybridized carbons (Fsp3) is 0.469. The number of nitriles is 1. The normalized spacial score (nSPS) is 24.6. The molecule has 234 valence electrons. The van der Waals surface area contributed by atoms with Crippen molar-refractivity contribution in [2.45, 2.75) is 62.7 Å². The highest BCUT2D eigenvalue weighted by atomic mass is 35.5. The second kappa shape index (κ2) is 10.8. The van der Waals surface area contributed by atoms with Crippen LogP contribution in [-0.2, 0) is 0 Å². The van der Waals surface area contributed by atoms with Crippen molar-refractivity contribution in [1.82, 2.24) is 14.9 Å². The highest BCUT2D eigenvalue weighted by Gasteiger charge is 2.49. The Kier molecular flexibility index (Phi) is 6.93. The SMILES string of the molecule is N#Cc1c(N)sc2c(F)ccc(-c3c(Cl)c4c5c(nc(OCC67CCCN6C[C@H](F)C7)nc5c3F)N3CCCCC3CCO4)c12. The Morgan fingerprint density at radius 1 is 1.18 bits per heavy atom. The van der Waals surface area contributed by atoms with Gasteiger partial charge in [-0.25, -0.2) is 13.2 Å². The van der Waals surface area contributed by atoms with Gasteiger partial charge in [-0.3, -0.25) is 4.90 Å². The fourth-order valence-corrected chi connectivity index (χ4v) is 9.20. The van der Waals surface area contributed by atoms with E-state index in [-0.39, 0.29) is 66.7 Å². The van der Waals surface area contributed by atoms with Crippen molar-refractivity contribution in [2.24, 2.45) is 0 Å². The van der Waals surface area contributed by atoms with Crippen LogP contribution in [0.4, 0.5) is 24.0 Å². The van der Waals surface area contributed by atoms with E-state index in [9.17, 15) is 14.0 Å². The summed E-state index contributed by atoms with van der Waals surface area (Å²) < 4.78 is 59.2. The van der Waals surface area contributed by atoms with Crippen LogP contribution in [0.2, 0.25) is 5.02 Å². The van der Waals surface area contributed by atoms with E-state index in [0.717, 1.165) is 56.5 Å². The smallest absolute Gasteiger partial charge is 0.319 e. The van der Waals surface area contributed by atoms with Crippen molar-refractivity contribution in [3.8, 4) is 29.0 Å². The van der Waals surface area contributed by atoms with Gasteiger partial charge in [0.05, 0.1) is 32.8 Å². The van der Waals surface area contributed by atoms with Gasteiger partial charge >= 0.3 is 6.01 Å². The maximum Gasteiger partial charge on any atom is 0.319 e. The van der Waals surface area contributed by atoms with Crippen LogP contribution in [0.3, 0.4) is 0 Å². The number of nitrogens with two attached hydrogens (primary N) is 1. The van der Waals surface area contributed by atoms with Crippen molar-refractivity contribution in [2.75, 3.05) is 43.5 Å². The van der Waals surface area contributed by atoms with E-state index < -0.39 is 23.3 Å². The first kappa shape index (κ1) is 28.9. The molecule has 0 aliphatic carbocycles. The maximum absolute atomic E-state index is 17.1. The molecule has 0 spiro atoms. The Hall–Kier alpha value is -3.53. The Morgan fingerprint density at radius 3 is 2.89 bits per heavy atom. The molecule has 0 bridgehead atoms. The lowest BCUT2D eigenvalue weighted by Crippen LogP contribution is -2.44. The molecule has 6 heterocycles. The minimum absolute atomic E-state index is 0.00852. The van der Waals surface area contributed by atoms with Gasteiger partial charge in [0.25, 0.3) is 0 Å². The number of piperidine rings is 1. The number of hydrogen-bond acceptors (Lipinski definition) is 9. The van der Waals surface area contributed by atoms with Crippen molar-refractivity contribution in [1.29, 1.82) is 5.26 Å². The maximum atomic E-state index is 17.1. The van der Waals surface area contributed by atoms with E-state index in [1.165, 1.54) is 12.1 Å². The number of rotatable bonds is 4. The van der Waals surface area contributed by atoms with Gasteiger partial charge in [-0.15, -0.1) is 11.3 Å². The largest absolute Gasteiger partial charge is 0.491 e. The van der Waals surface area contributed by atoms with Gasteiger partial charge in [-0.05, 0) is 50.3 Å². The van der Waals surface area contributed by atoms with Gasteiger partial charge in [-0.1, -0.05) is 17.7 Å². The van der Waals surface area contributed by atoms with Gasteiger partial charge in [0, 0.05) is 42.9 Å². The predicted octanol–water partition coefficient (Wildman–Crippen LogP) is 6.99. The molecule has 2 unspecified atom stereocenters. The van der Waals surface area contributed by atoms with Crippen molar-refractivity contribution >= 4 is 54.7 Å². The van der Waals surface area contributed by atoms with E-state index in [1.807, 2.05) is 6.07 Å². The summed E-state index contributed by atoms with van der Waals surface area (Å²) in [6.07, 6.45) is 4.87. The molecule has 8 nitrogen and oxygen atoms in total. The Bertz CT molecular complexity index is 1920. The lowest BCUT2D eigenvalue weighted by Gasteiger charge is -2.39. The first-order valence-electron chi connectivity index (χ1n) is 15.3. The molecular formula is C32H30ClF3N6O2S. The van der Waals surface area contributed by atoms with Crippen LogP contribution >= 0.6 is 22.9 Å². The summed E-state index contributed by atoms with van der Waals surface area (Å²) in [7, 11) is 0. The molecule has 8 rings (SSSR count). The van der Waals surface area contributed by atoms with Crippen LogP contribution in [-0.4, -0.2) is 65.5 Å². The molecule has 2 aromatic heterocycles. The quantitative estimate of drug-likeness (QED) is 0.251. The standard InChI is InChI=1S/C32H30ClF3N6O2S/c33-24-22(18-5-6-20(35)28-21(18)19(13-37)29(38)45-28)25(36)26-23-27(24)43-11-7-17-4-1-2-10-42(17)30(23)40-31(39-26)44-15-32-8-3-9-41(32)14-16(34)12-32/h5-6,16-17H,1-4,7-12,14-15,38H2/t16-,17?,32?/m1/s1. The van der Waals surface area contributed by atoms with E-state index in [2.05, 4.69) is 14.8 Å². The molecule has 4 aliphatic rings. The number of ether oxygens (including phenoxy) is 2. The minimum Gasteiger partial charge on any atom is -0.491 e. The number of anilines is 2. The second-order valence-corrected chi connectivity index (χ2v) is 13.9. The van der Waals surface area contributed by atoms with Gasteiger partial charge in [0.15, 0.2) is 11.6 Å². The zero-order valence-electron chi connectivity index (χ0n) is 24.3. The lowest BCUT2D eigenvalue weighted by atomic mass is 9.95. The summed E-state index contributed by atoms with van der Waals surface area (Å²) in [4.78, 5) is 13.8. The van der Waals surface area contributed by atoms with E-state index in [0.29, 0.717) is 37.2 Å². The van der Waals surface area contributed by atoms with E-state index >= 15 is 4.39 Å². The summed E-state index contributed by atoms with van der Waals surface area (Å²) >= 11 is 7.95. The van der Waals surface area contributed by atoms with Crippen LogP contribution in [0.25, 0.3) is 32.1 Å². The van der Waals surface area contributed by atoms with E-state index in [4.69, 9.17) is 31.8 Å². The summed E-state index contributed by atoms with van der Waals surface area (Å²) in [5, 5.41) is 10.5.